The quantitative estimate of drug-likeness (QED) is 0.708. The standard InChI is InChI=1S/C20H17NO6/c1-11-14-5-3-4-6-15(14)27-18(11)20(23)26-12(2)19(22)21-13-7-8-16-17(9-13)25-10-24-16/h3-9,12H,10H2,1-2H3,(H,21,22)/t12-/m1/s1. The van der Waals surface area contributed by atoms with Crippen molar-refractivity contribution in [2.24, 2.45) is 0 Å². The van der Waals surface area contributed by atoms with Crippen molar-refractivity contribution in [3.05, 3.63) is 53.8 Å². The van der Waals surface area contributed by atoms with Crippen LogP contribution in [0, 0.1) is 6.92 Å². The van der Waals surface area contributed by atoms with Gasteiger partial charge in [-0.15, -0.1) is 0 Å². The van der Waals surface area contributed by atoms with Crippen LogP contribution in [0.25, 0.3) is 11.0 Å². The van der Waals surface area contributed by atoms with Crippen molar-refractivity contribution in [2.45, 2.75) is 20.0 Å². The molecule has 1 N–H and O–H groups in total. The monoisotopic (exact) mass is 367 g/mol. The van der Waals surface area contributed by atoms with E-state index >= 15 is 0 Å². The molecule has 0 spiro atoms. The number of para-hydroxylation sites is 1. The van der Waals surface area contributed by atoms with Gasteiger partial charge in [0.1, 0.15) is 5.58 Å². The first-order valence-corrected chi connectivity index (χ1v) is 8.42. The summed E-state index contributed by atoms with van der Waals surface area (Å²) in [5, 5.41) is 3.52. The number of hydrogen-bond donors (Lipinski definition) is 1. The molecular weight excluding hydrogens is 350 g/mol. The highest BCUT2D eigenvalue weighted by Crippen LogP contribution is 2.34. The third-order valence-electron chi connectivity index (χ3n) is 4.32. The molecule has 1 aliphatic rings. The van der Waals surface area contributed by atoms with E-state index in [2.05, 4.69) is 5.32 Å². The normalized spacial score (nSPS) is 13.4. The van der Waals surface area contributed by atoms with Crippen LogP contribution in [-0.4, -0.2) is 24.8 Å². The second-order valence-corrected chi connectivity index (χ2v) is 6.16. The molecule has 0 aliphatic carbocycles. The van der Waals surface area contributed by atoms with E-state index in [9.17, 15) is 9.59 Å². The molecule has 0 fully saturated rings. The maximum absolute atomic E-state index is 12.4. The summed E-state index contributed by atoms with van der Waals surface area (Å²) in [7, 11) is 0. The predicted molar refractivity (Wildman–Crippen MR) is 97.0 cm³/mol. The third-order valence-corrected chi connectivity index (χ3v) is 4.32. The van der Waals surface area contributed by atoms with Crippen LogP contribution in [0.1, 0.15) is 23.0 Å². The zero-order valence-electron chi connectivity index (χ0n) is 14.8. The lowest BCUT2D eigenvalue weighted by atomic mass is 10.1. The van der Waals surface area contributed by atoms with Crippen molar-refractivity contribution in [1.29, 1.82) is 0 Å². The van der Waals surface area contributed by atoms with Crippen molar-refractivity contribution in [2.75, 3.05) is 12.1 Å². The van der Waals surface area contributed by atoms with Gasteiger partial charge in [0.25, 0.3) is 5.91 Å². The summed E-state index contributed by atoms with van der Waals surface area (Å²) in [5.74, 6) is 0.120. The number of nitrogens with one attached hydrogen (secondary N) is 1. The molecule has 7 heteroatoms. The number of benzene rings is 2. The van der Waals surface area contributed by atoms with Gasteiger partial charge in [-0.3, -0.25) is 4.79 Å². The molecule has 1 aromatic heterocycles. The molecule has 27 heavy (non-hydrogen) atoms. The zero-order chi connectivity index (χ0) is 19.0. The van der Waals surface area contributed by atoms with E-state index in [1.807, 2.05) is 18.2 Å². The molecule has 7 nitrogen and oxygen atoms in total. The van der Waals surface area contributed by atoms with Gasteiger partial charge in [-0.2, -0.15) is 0 Å². The maximum Gasteiger partial charge on any atom is 0.375 e. The summed E-state index contributed by atoms with van der Waals surface area (Å²) in [6.07, 6.45) is -1.00. The Morgan fingerprint density at radius 3 is 2.70 bits per heavy atom. The molecule has 4 rings (SSSR count). The molecule has 2 aromatic carbocycles. The topological polar surface area (TPSA) is 87.0 Å². The third kappa shape index (κ3) is 3.19. The Morgan fingerprint density at radius 2 is 1.89 bits per heavy atom. The number of fused-ring (bicyclic) bond motifs is 2. The summed E-state index contributed by atoms with van der Waals surface area (Å²) in [6.45, 7) is 3.43. The maximum atomic E-state index is 12.4. The first-order valence-electron chi connectivity index (χ1n) is 8.42. The fraction of sp³-hybridized carbons (Fsp3) is 0.200. The van der Waals surface area contributed by atoms with Crippen LogP contribution in [0.3, 0.4) is 0 Å². The van der Waals surface area contributed by atoms with Crippen molar-refractivity contribution in [1.82, 2.24) is 0 Å². The fourth-order valence-electron chi connectivity index (χ4n) is 2.85. The molecule has 0 saturated heterocycles. The van der Waals surface area contributed by atoms with Crippen LogP contribution in [0.4, 0.5) is 5.69 Å². The highest BCUT2D eigenvalue weighted by molar-refractivity contribution is 5.99. The first-order chi connectivity index (χ1) is 13.0. The summed E-state index contributed by atoms with van der Waals surface area (Å²) >= 11 is 0. The highest BCUT2D eigenvalue weighted by Gasteiger charge is 2.24. The summed E-state index contributed by atoms with van der Waals surface area (Å²) in [4.78, 5) is 24.8. The average molecular weight is 367 g/mol. The number of carbonyl (C=O) groups is 2. The van der Waals surface area contributed by atoms with Crippen molar-refractivity contribution < 1.29 is 28.2 Å². The van der Waals surface area contributed by atoms with Gasteiger partial charge in [0, 0.05) is 22.7 Å². The largest absolute Gasteiger partial charge is 0.454 e. The van der Waals surface area contributed by atoms with Crippen molar-refractivity contribution >= 4 is 28.5 Å². The number of aryl methyl sites for hydroxylation is 1. The number of ether oxygens (including phenoxy) is 3. The van der Waals surface area contributed by atoms with Crippen LogP contribution in [-0.2, 0) is 9.53 Å². The smallest absolute Gasteiger partial charge is 0.375 e. The molecular formula is C20H17NO6. The number of rotatable bonds is 4. The minimum absolute atomic E-state index is 0.0962. The molecule has 1 aliphatic heterocycles. The summed E-state index contributed by atoms with van der Waals surface area (Å²) < 4.78 is 21.3. The van der Waals surface area contributed by atoms with Gasteiger partial charge < -0.3 is 23.9 Å². The van der Waals surface area contributed by atoms with Crippen molar-refractivity contribution in [3.8, 4) is 11.5 Å². The molecule has 2 heterocycles. The highest BCUT2D eigenvalue weighted by atomic mass is 16.7. The number of furan rings is 1. The lowest BCUT2D eigenvalue weighted by molar-refractivity contribution is -0.123. The van der Waals surface area contributed by atoms with Crippen LogP contribution in [0.5, 0.6) is 11.5 Å². The minimum Gasteiger partial charge on any atom is -0.454 e. The van der Waals surface area contributed by atoms with Gasteiger partial charge in [-0.25, -0.2) is 4.79 Å². The van der Waals surface area contributed by atoms with E-state index < -0.39 is 18.0 Å². The number of amides is 1. The predicted octanol–water partition coefficient (Wildman–Crippen LogP) is 3.65. The van der Waals surface area contributed by atoms with Gasteiger partial charge in [0.05, 0.1) is 0 Å². The van der Waals surface area contributed by atoms with E-state index in [0.717, 1.165) is 5.39 Å². The summed E-state index contributed by atoms with van der Waals surface area (Å²) in [6, 6.07) is 12.4. The second kappa shape index (κ2) is 6.68. The van der Waals surface area contributed by atoms with E-state index in [-0.39, 0.29) is 12.6 Å². The van der Waals surface area contributed by atoms with Crippen LogP contribution in [0.15, 0.2) is 46.9 Å². The SMILES string of the molecule is Cc1c(C(=O)O[C@H](C)C(=O)Nc2ccc3c(c2)OCO3)oc2ccccc12. The molecule has 0 unspecified atom stereocenters. The fourth-order valence-corrected chi connectivity index (χ4v) is 2.85. The molecule has 0 radical (unpaired) electrons. The van der Waals surface area contributed by atoms with E-state index in [1.165, 1.54) is 6.92 Å². The van der Waals surface area contributed by atoms with E-state index in [0.29, 0.717) is 28.3 Å². The van der Waals surface area contributed by atoms with Crippen molar-refractivity contribution in [3.63, 3.8) is 0 Å². The molecule has 0 bridgehead atoms. The lowest BCUT2D eigenvalue weighted by Crippen LogP contribution is -2.30. The Kier molecular flexibility index (Phi) is 4.19. The van der Waals surface area contributed by atoms with Crippen LogP contribution in [0.2, 0.25) is 0 Å². The van der Waals surface area contributed by atoms with Gasteiger partial charge in [0.2, 0.25) is 12.6 Å². The number of esters is 1. The molecule has 1 amide bonds. The molecule has 1 atom stereocenters. The first kappa shape index (κ1) is 17.0. The Balaban J connectivity index is 1.44. The van der Waals surface area contributed by atoms with E-state index in [1.54, 1.807) is 31.2 Å². The lowest BCUT2D eigenvalue weighted by Gasteiger charge is -2.13. The van der Waals surface area contributed by atoms with Crippen LogP contribution < -0.4 is 14.8 Å². The Labute approximate surface area is 154 Å². The van der Waals surface area contributed by atoms with Crippen LogP contribution >= 0.6 is 0 Å². The van der Waals surface area contributed by atoms with Gasteiger partial charge in [-0.05, 0) is 32.0 Å². The average Bonchev–Trinajstić information content (AvgIpc) is 3.26. The van der Waals surface area contributed by atoms with E-state index in [4.69, 9.17) is 18.6 Å². The number of anilines is 1. The summed E-state index contributed by atoms with van der Waals surface area (Å²) in [5.41, 5.74) is 1.80. The van der Waals surface area contributed by atoms with Gasteiger partial charge in [-0.1, -0.05) is 18.2 Å². The molecule has 138 valence electrons. The second-order valence-electron chi connectivity index (χ2n) is 6.16. The zero-order valence-corrected chi connectivity index (χ0v) is 14.8. The number of carbonyl (C=O) groups excluding carboxylic acids is 2. The Hall–Kier alpha value is -3.48. The molecule has 0 saturated carbocycles. The minimum atomic E-state index is -1.00. The molecule has 3 aromatic rings. The number of hydrogen-bond acceptors (Lipinski definition) is 6. The van der Waals surface area contributed by atoms with Gasteiger partial charge >= 0.3 is 5.97 Å². The Bertz CT molecular complexity index is 1040. The Morgan fingerprint density at radius 1 is 1.11 bits per heavy atom. The van der Waals surface area contributed by atoms with Gasteiger partial charge in [0.15, 0.2) is 17.6 Å².